The fourth-order valence-corrected chi connectivity index (χ4v) is 0.444. The molecule has 1 radical (unpaired) electrons. The molecule has 4 heteroatoms. The van der Waals surface area contributed by atoms with E-state index in [1.807, 2.05) is 6.92 Å². The van der Waals surface area contributed by atoms with Gasteiger partial charge in [0.15, 0.2) is 0 Å². The zero-order valence-electron chi connectivity index (χ0n) is 6.39. The molecule has 0 aromatic rings. The van der Waals surface area contributed by atoms with E-state index in [4.69, 9.17) is 5.11 Å². The molecular weight excluding hydrogens is 143 g/mol. The molecule has 0 saturated heterocycles. The van der Waals surface area contributed by atoms with Crippen LogP contribution in [0.3, 0.4) is 0 Å². The van der Waals surface area contributed by atoms with Gasteiger partial charge in [-0.05, 0) is 6.42 Å². The molecule has 0 saturated carbocycles. The average Bonchev–Trinajstić information content (AvgIpc) is 1.82. The Kier molecular flexibility index (Phi) is 9.27. The number of carboxylic acid groups (broad SMARTS) is 1. The summed E-state index contributed by atoms with van der Waals surface area (Å²) in [5, 5.41) is 8.06. The van der Waals surface area contributed by atoms with E-state index in [0.29, 0.717) is 6.42 Å². The Morgan fingerprint density at radius 3 is 2.20 bits per heavy atom. The number of rotatable bonds is 4. The zero-order chi connectivity index (χ0) is 7.28. The maximum Gasteiger partial charge on any atom is 0.372 e. The molecule has 0 bridgehead atoms. The number of carbonyl (C=O) groups excluding carboxylic acids is 1. The first-order chi connectivity index (χ1) is 4.18. The first-order valence-corrected chi connectivity index (χ1v) is 2.94. The van der Waals surface area contributed by atoms with Crippen molar-refractivity contribution in [3.05, 3.63) is 0 Å². The van der Waals surface area contributed by atoms with Crippen LogP contribution < -0.4 is 0 Å². The molecule has 0 aromatic carbocycles. The molecule has 0 aromatic heterocycles. The minimum atomic E-state index is -1.32. The molecule has 10 heavy (non-hydrogen) atoms. The number of hydrogen-bond acceptors (Lipinski definition) is 2. The quantitative estimate of drug-likeness (QED) is 0.471. The van der Waals surface area contributed by atoms with Crippen molar-refractivity contribution in [1.29, 1.82) is 0 Å². The molecule has 0 amide bonds. The number of unbranched alkanes of at least 4 members (excludes halogenated alkanes) is 1. The molecule has 0 rings (SSSR count). The van der Waals surface area contributed by atoms with E-state index in [1.54, 1.807) is 0 Å². The maximum absolute atomic E-state index is 10.3. The minimum absolute atomic E-state index is 0. The number of hydrogen-bond donors (Lipinski definition) is 1. The topological polar surface area (TPSA) is 54.4 Å². The van der Waals surface area contributed by atoms with Crippen LogP contribution in [0.4, 0.5) is 0 Å². The zero-order valence-corrected chi connectivity index (χ0v) is 8.39. The molecule has 1 N–H and O–H groups in total. The molecule has 0 unspecified atom stereocenters. The van der Waals surface area contributed by atoms with Gasteiger partial charge in [-0.25, -0.2) is 4.79 Å². The summed E-state index contributed by atoms with van der Waals surface area (Å²) in [5.41, 5.74) is 0. The van der Waals surface area contributed by atoms with Gasteiger partial charge in [0.05, 0.1) is 0 Å². The van der Waals surface area contributed by atoms with Gasteiger partial charge in [0.25, 0.3) is 0 Å². The molecule has 0 aliphatic carbocycles. The van der Waals surface area contributed by atoms with Crippen LogP contribution in [0.1, 0.15) is 26.2 Å². The fourth-order valence-electron chi connectivity index (χ4n) is 0.444. The molecular formula is C6H10NaO3. The number of carbonyl (C=O) groups is 2. The normalized spacial score (nSPS) is 8.10. The van der Waals surface area contributed by atoms with Crippen molar-refractivity contribution in [3.63, 3.8) is 0 Å². The van der Waals surface area contributed by atoms with E-state index in [2.05, 4.69) is 0 Å². The summed E-state index contributed by atoms with van der Waals surface area (Å²) in [6.07, 6.45) is 1.70. The monoisotopic (exact) mass is 153 g/mol. The maximum atomic E-state index is 10.3. The standard InChI is InChI=1S/C6H10O3.Na/c1-2-3-4-5(7)6(8)9;/h2-4H2,1H3,(H,8,9);. The van der Waals surface area contributed by atoms with Crippen LogP contribution in [0, 0.1) is 0 Å². The van der Waals surface area contributed by atoms with Crippen molar-refractivity contribution in [2.75, 3.05) is 0 Å². The molecule has 0 fully saturated rings. The van der Waals surface area contributed by atoms with Gasteiger partial charge in [0, 0.05) is 36.0 Å². The van der Waals surface area contributed by atoms with Gasteiger partial charge >= 0.3 is 5.97 Å². The SMILES string of the molecule is CCCCC(=O)C(=O)O.[Na]. The van der Waals surface area contributed by atoms with Gasteiger partial charge in [-0.1, -0.05) is 13.3 Å². The molecule has 3 nitrogen and oxygen atoms in total. The van der Waals surface area contributed by atoms with E-state index >= 15 is 0 Å². The van der Waals surface area contributed by atoms with Gasteiger partial charge in [0.1, 0.15) is 0 Å². The van der Waals surface area contributed by atoms with E-state index < -0.39 is 11.8 Å². The van der Waals surface area contributed by atoms with Gasteiger partial charge in [-0.2, -0.15) is 0 Å². The second-order valence-electron chi connectivity index (χ2n) is 1.83. The largest absolute Gasteiger partial charge is 0.476 e. The smallest absolute Gasteiger partial charge is 0.372 e. The van der Waals surface area contributed by atoms with Crippen molar-refractivity contribution in [3.8, 4) is 0 Å². The first kappa shape index (κ1) is 12.8. The van der Waals surface area contributed by atoms with Crippen LogP contribution in [0.15, 0.2) is 0 Å². The predicted octanol–water partition coefficient (Wildman–Crippen LogP) is 0.449. The molecule has 0 atom stereocenters. The fraction of sp³-hybridized carbons (Fsp3) is 0.667. The summed E-state index contributed by atoms with van der Waals surface area (Å²) >= 11 is 0. The van der Waals surface area contributed by atoms with Crippen molar-refractivity contribution < 1.29 is 14.7 Å². The van der Waals surface area contributed by atoms with Crippen LogP contribution in [0.25, 0.3) is 0 Å². The summed E-state index contributed by atoms with van der Waals surface area (Å²) < 4.78 is 0. The van der Waals surface area contributed by atoms with Crippen molar-refractivity contribution in [2.24, 2.45) is 0 Å². The molecule has 0 aliphatic heterocycles. The van der Waals surface area contributed by atoms with Crippen LogP contribution in [0.5, 0.6) is 0 Å². The Bertz CT molecular complexity index is 122. The molecule has 0 heterocycles. The van der Waals surface area contributed by atoms with Gasteiger partial charge in [-0.3, -0.25) is 4.79 Å². The Labute approximate surface area is 82.1 Å². The Morgan fingerprint density at radius 2 is 1.90 bits per heavy atom. The predicted molar refractivity (Wildman–Crippen MR) is 37.9 cm³/mol. The third-order valence-electron chi connectivity index (χ3n) is 0.996. The van der Waals surface area contributed by atoms with Gasteiger partial charge < -0.3 is 5.11 Å². The summed E-state index contributed by atoms with van der Waals surface area (Å²) in [7, 11) is 0. The van der Waals surface area contributed by atoms with E-state index in [9.17, 15) is 9.59 Å². The van der Waals surface area contributed by atoms with E-state index in [1.165, 1.54) is 0 Å². The minimum Gasteiger partial charge on any atom is -0.476 e. The number of aliphatic carboxylic acids is 1. The van der Waals surface area contributed by atoms with Gasteiger partial charge in [-0.15, -0.1) is 0 Å². The average molecular weight is 153 g/mol. The molecule has 0 spiro atoms. The van der Waals surface area contributed by atoms with Crippen LogP contribution in [-0.4, -0.2) is 46.4 Å². The van der Waals surface area contributed by atoms with Crippen molar-refractivity contribution in [1.82, 2.24) is 0 Å². The Hall–Kier alpha value is 0.140. The van der Waals surface area contributed by atoms with Crippen molar-refractivity contribution >= 4 is 41.3 Å². The van der Waals surface area contributed by atoms with Crippen LogP contribution in [-0.2, 0) is 9.59 Å². The van der Waals surface area contributed by atoms with E-state index in [0.717, 1.165) is 6.42 Å². The summed E-state index contributed by atoms with van der Waals surface area (Å²) in [6, 6.07) is 0. The molecule has 0 aliphatic rings. The number of ketones is 1. The summed E-state index contributed by atoms with van der Waals surface area (Å²) in [6.45, 7) is 1.91. The van der Waals surface area contributed by atoms with Crippen LogP contribution >= 0.6 is 0 Å². The number of Topliss-reactive ketones (excluding diaryl/α,β-unsaturated/α-hetero) is 1. The van der Waals surface area contributed by atoms with E-state index in [-0.39, 0.29) is 36.0 Å². The summed E-state index contributed by atoms with van der Waals surface area (Å²) in [5.74, 6) is -2.00. The Balaban J connectivity index is 0. The van der Waals surface area contributed by atoms with Crippen molar-refractivity contribution in [2.45, 2.75) is 26.2 Å². The Morgan fingerprint density at radius 1 is 1.40 bits per heavy atom. The first-order valence-electron chi connectivity index (χ1n) is 2.94. The second-order valence-corrected chi connectivity index (χ2v) is 1.83. The third kappa shape index (κ3) is 6.26. The second kappa shape index (κ2) is 7.25. The van der Waals surface area contributed by atoms with Gasteiger partial charge in [0.2, 0.25) is 5.78 Å². The van der Waals surface area contributed by atoms with Crippen LogP contribution in [0.2, 0.25) is 0 Å². The third-order valence-corrected chi connectivity index (χ3v) is 0.996. The summed E-state index contributed by atoms with van der Waals surface area (Å²) in [4.78, 5) is 20.2. The number of carboxylic acids is 1. The molecule has 53 valence electrons.